The third-order valence-electron chi connectivity index (χ3n) is 3.85. The first kappa shape index (κ1) is 18.4. The van der Waals surface area contributed by atoms with E-state index < -0.39 is 17.6 Å². The topological polar surface area (TPSA) is 23.8 Å². The van der Waals surface area contributed by atoms with E-state index in [2.05, 4.69) is 0 Å². The third-order valence-corrected chi connectivity index (χ3v) is 4.63. The quantitative estimate of drug-likeness (QED) is 0.277. The number of rotatable bonds is 2. The number of halogens is 5. The highest BCUT2D eigenvalue weighted by molar-refractivity contribution is 14.1. The van der Waals surface area contributed by atoms with Gasteiger partial charge in [0.15, 0.2) is 0 Å². The van der Waals surface area contributed by atoms with Crippen LogP contribution in [0, 0.1) is 11.3 Å². The van der Waals surface area contributed by atoms with Gasteiger partial charge >= 0.3 is 6.18 Å². The Morgan fingerprint density at radius 3 is 1.77 bits per heavy atom. The van der Waals surface area contributed by atoms with E-state index in [-0.39, 0.29) is 31.4 Å². The number of alkyl halides is 3. The van der Waals surface area contributed by atoms with E-state index in [1.165, 1.54) is 36.4 Å². The van der Waals surface area contributed by atoms with E-state index in [1.54, 1.807) is 46.9 Å². The summed E-state index contributed by atoms with van der Waals surface area (Å²) in [6.07, 6.45) is -4.69. The second kappa shape index (κ2) is 7.08. The lowest BCUT2D eigenvalue weighted by atomic mass is 10.0. The SMILES string of the molecule is N#C/C(I)=C1\C(=C(F)c2ccccc2)\C1=C(\c1ccccc1)C(F)(F)F. The first-order valence-corrected chi connectivity index (χ1v) is 8.57. The van der Waals surface area contributed by atoms with Crippen molar-refractivity contribution >= 4 is 34.0 Å². The maximum absolute atomic E-state index is 14.9. The molecule has 0 aliphatic heterocycles. The van der Waals surface area contributed by atoms with Gasteiger partial charge in [0.2, 0.25) is 0 Å². The summed E-state index contributed by atoms with van der Waals surface area (Å²) >= 11 is 1.64. The van der Waals surface area contributed by atoms with Crippen LogP contribution < -0.4 is 0 Å². The number of benzene rings is 2. The molecule has 0 unspecified atom stereocenters. The fourth-order valence-electron chi connectivity index (χ4n) is 2.72. The largest absolute Gasteiger partial charge is 0.417 e. The molecule has 0 spiro atoms. The molecule has 1 fully saturated rings. The summed E-state index contributed by atoms with van der Waals surface area (Å²) in [5.74, 6) is -0.766. The molecule has 0 heterocycles. The number of hydrogen-bond acceptors (Lipinski definition) is 1. The molecule has 26 heavy (non-hydrogen) atoms. The average molecular weight is 467 g/mol. The highest BCUT2D eigenvalue weighted by Gasteiger charge is 2.48. The van der Waals surface area contributed by atoms with Crippen LogP contribution in [0.15, 0.2) is 81.0 Å². The highest BCUT2D eigenvalue weighted by Crippen LogP contribution is 2.58. The Balaban J connectivity index is 2.33. The van der Waals surface area contributed by atoms with Crippen molar-refractivity contribution in [2.45, 2.75) is 6.18 Å². The Hall–Kier alpha value is -2.40. The molecule has 0 radical (unpaired) electrons. The molecule has 1 saturated carbocycles. The fourth-order valence-corrected chi connectivity index (χ4v) is 3.26. The molecule has 2 aromatic carbocycles. The van der Waals surface area contributed by atoms with Crippen LogP contribution in [0.5, 0.6) is 0 Å². The van der Waals surface area contributed by atoms with Gasteiger partial charge in [0.25, 0.3) is 0 Å². The Morgan fingerprint density at radius 1 is 0.808 bits per heavy atom. The minimum absolute atomic E-state index is 0.0191. The summed E-state index contributed by atoms with van der Waals surface area (Å²) in [6, 6.07) is 16.9. The molecule has 0 aromatic heterocycles. The summed E-state index contributed by atoms with van der Waals surface area (Å²) in [4.78, 5) is 0. The maximum atomic E-state index is 14.9. The van der Waals surface area contributed by atoms with Gasteiger partial charge in [-0.05, 0) is 28.2 Å². The van der Waals surface area contributed by atoms with Crippen molar-refractivity contribution in [1.29, 1.82) is 5.26 Å². The molecule has 6 heteroatoms. The molecule has 0 amide bonds. The minimum Gasteiger partial charge on any atom is -0.206 e. The molecule has 130 valence electrons. The number of nitrogens with zero attached hydrogens (tertiary/aromatic N) is 1. The van der Waals surface area contributed by atoms with Crippen molar-refractivity contribution in [3.8, 4) is 6.07 Å². The molecule has 0 atom stereocenters. The van der Waals surface area contributed by atoms with E-state index in [0.29, 0.717) is 0 Å². The third kappa shape index (κ3) is 3.44. The van der Waals surface area contributed by atoms with Crippen molar-refractivity contribution in [3.05, 3.63) is 92.1 Å². The van der Waals surface area contributed by atoms with Gasteiger partial charge in [0.05, 0.1) is 9.15 Å². The summed E-state index contributed by atoms with van der Waals surface area (Å²) in [5.41, 5.74) is -1.21. The van der Waals surface area contributed by atoms with Crippen molar-refractivity contribution in [2.75, 3.05) is 0 Å². The molecular formula is C20H10F4IN. The van der Waals surface area contributed by atoms with E-state index in [0.717, 1.165) is 0 Å². The lowest BCUT2D eigenvalue weighted by molar-refractivity contribution is -0.0690. The molecule has 0 bridgehead atoms. The standard InChI is InChI=1S/C20H10F4IN/c21-19(13-9-5-2-6-10-13)17-15(14(25)11-26)16(17)18(20(22,23)24)12-7-3-1-4-8-12/h1-10H/b15-14+,18-16-,19-17?. The molecule has 1 aliphatic rings. The molecule has 2 aromatic rings. The predicted molar refractivity (Wildman–Crippen MR) is 101 cm³/mol. The van der Waals surface area contributed by atoms with E-state index >= 15 is 0 Å². The Bertz CT molecular complexity index is 978. The van der Waals surface area contributed by atoms with Gasteiger partial charge in [0, 0.05) is 22.3 Å². The van der Waals surface area contributed by atoms with Crippen molar-refractivity contribution in [2.24, 2.45) is 0 Å². The van der Waals surface area contributed by atoms with Gasteiger partial charge < -0.3 is 0 Å². The maximum Gasteiger partial charge on any atom is 0.417 e. The zero-order valence-electron chi connectivity index (χ0n) is 13.1. The molecule has 0 saturated heterocycles. The van der Waals surface area contributed by atoms with Crippen molar-refractivity contribution in [1.82, 2.24) is 0 Å². The van der Waals surface area contributed by atoms with E-state index in [4.69, 9.17) is 5.26 Å². The van der Waals surface area contributed by atoms with Gasteiger partial charge in [0.1, 0.15) is 11.9 Å². The number of allylic oxidation sites excluding steroid dienone is 5. The van der Waals surface area contributed by atoms with Gasteiger partial charge in [-0.3, -0.25) is 0 Å². The predicted octanol–water partition coefficient (Wildman–Crippen LogP) is 6.61. The zero-order valence-corrected chi connectivity index (χ0v) is 15.3. The van der Waals surface area contributed by atoms with Crippen molar-refractivity contribution < 1.29 is 17.6 Å². The van der Waals surface area contributed by atoms with Crippen LogP contribution in [-0.4, -0.2) is 6.18 Å². The first-order chi connectivity index (χ1) is 12.4. The second-order valence-corrected chi connectivity index (χ2v) is 6.55. The Kier molecular flexibility index (Phi) is 5.01. The van der Waals surface area contributed by atoms with Gasteiger partial charge in [-0.2, -0.15) is 18.4 Å². The smallest absolute Gasteiger partial charge is 0.206 e. The van der Waals surface area contributed by atoms with Gasteiger partial charge in [-0.1, -0.05) is 60.7 Å². The van der Waals surface area contributed by atoms with Crippen LogP contribution in [0.2, 0.25) is 0 Å². The van der Waals surface area contributed by atoms with Crippen LogP contribution in [0.3, 0.4) is 0 Å². The Labute approximate surface area is 161 Å². The summed E-state index contributed by atoms with van der Waals surface area (Å²) < 4.78 is 56.2. The monoisotopic (exact) mass is 467 g/mol. The zero-order chi connectivity index (χ0) is 18.9. The summed E-state index contributed by atoms with van der Waals surface area (Å²) in [6.45, 7) is 0. The fraction of sp³-hybridized carbons (Fsp3) is 0.0500. The van der Waals surface area contributed by atoms with Crippen LogP contribution in [-0.2, 0) is 0 Å². The minimum atomic E-state index is -4.69. The van der Waals surface area contributed by atoms with E-state index in [1.807, 2.05) is 6.07 Å². The normalized spacial score (nSPS) is 19.5. The van der Waals surface area contributed by atoms with E-state index in [9.17, 15) is 17.6 Å². The first-order valence-electron chi connectivity index (χ1n) is 7.49. The molecule has 3 rings (SSSR count). The molecular weight excluding hydrogens is 457 g/mol. The average Bonchev–Trinajstić information content (AvgIpc) is 3.35. The van der Waals surface area contributed by atoms with Crippen LogP contribution in [0.4, 0.5) is 17.6 Å². The highest BCUT2D eigenvalue weighted by atomic mass is 127. The summed E-state index contributed by atoms with van der Waals surface area (Å²) in [7, 11) is 0. The lowest BCUT2D eigenvalue weighted by Gasteiger charge is -2.11. The van der Waals surface area contributed by atoms with Crippen LogP contribution in [0.25, 0.3) is 11.4 Å². The number of hydrogen-bond donors (Lipinski definition) is 0. The van der Waals surface area contributed by atoms with Gasteiger partial charge in [-0.25, -0.2) is 4.39 Å². The molecule has 1 aliphatic carbocycles. The molecule has 1 nitrogen and oxygen atoms in total. The van der Waals surface area contributed by atoms with Crippen LogP contribution >= 0.6 is 22.6 Å². The summed E-state index contributed by atoms with van der Waals surface area (Å²) in [5, 5.41) is 9.12. The second-order valence-electron chi connectivity index (χ2n) is 5.47. The van der Waals surface area contributed by atoms with Gasteiger partial charge in [-0.15, -0.1) is 0 Å². The molecule has 0 N–H and O–H groups in total. The Morgan fingerprint density at radius 2 is 1.31 bits per heavy atom. The van der Waals surface area contributed by atoms with Crippen LogP contribution in [0.1, 0.15) is 11.1 Å². The number of nitriles is 1. The van der Waals surface area contributed by atoms with Crippen molar-refractivity contribution in [3.63, 3.8) is 0 Å². The lowest BCUT2D eigenvalue weighted by Crippen LogP contribution is -2.11.